The van der Waals surface area contributed by atoms with Gasteiger partial charge in [0.15, 0.2) is 0 Å². The summed E-state index contributed by atoms with van der Waals surface area (Å²) in [7, 11) is 0. The normalized spacial score (nSPS) is 12.5. The van der Waals surface area contributed by atoms with Gasteiger partial charge in [-0.3, -0.25) is 9.59 Å². The van der Waals surface area contributed by atoms with Gasteiger partial charge in [0.05, 0.1) is 0 Å². The molecule has 304 valence electrons. The van der Waals surface area contributed by atoms with Crippen molar-refractivity contribution in [1.29, 1.82) is 0 Å². The highest BCUT2D eigenvalue weighted by atomic mass is 16.5. The molecule has 0 aliphatic heterocycles. The molecule has 1 atom stereocenters. The Balaban J connectivity index is 4.00. The summed E-state index contributed by atoms with van der Waals surface area (Å²) in [5, 5.41) is 8.75. The summed E-state index contributed by atoms with van der Waals surface area (Å²) in [6, 6.07) is 0. The summed E-state index contributed by atoms with van der Waals surface area (Å²) in [6.07, 6.45) is 57.6. The van der Waals surface area contributed by atoms with Crippen LogP contribution in [-0.4, -0.2) is 23.1 Å². The molecule has 0 bridgehead atoms. The van der Waals surface area contributed by atoms with Gasteiger partial charge in [-0.2, -0.15) is 0 Å². The first kappa shape index (κ1) is 50.2. The maximum absolute atomic E-state index is 12.8. The van der Waals surface area contributed by atoms with E-state index in [1.807, 2.05) is 0 Å². The van der Waals surface area contributed by atoms with Crippen LogP contribution in [0.2, 0.25) is 0 Å². The largest absolute Gasteiger partial charge is 0.481 e. The second kappa shape index (κ2) is 43.6. The predicted molar refractivity (Wildman–Crippen MR) is 227 cm³/mol. The van der Waals surface area contributed by atoms with Gasteiger partial charge < -0.3 is 9.84 Å². The van der Waals surface area contributed by atoms with E-state index in [4.69, 9.17) is 9.84 Å². The highest BCUT2D eigenvalue weighted by Crippen LogP contribution is 2.19. The smallest absolute Gasteiger partial charge is 0.306 e. The minimum Gasteiger partial charge on any atom is -0.481 e. The summed E-state index contributed by atoms with van der Waals surface area (Å²) in [5.41, 5.74) is 0. The predicted octanol–water partition coefficient (Wildman–Crippen LogP) is 16.1. The third-order valence-corrected chi connectivity index (χ3v) is 10.3. The molecule has 4 nitrogen and oxygen atoms in total. The lowest BCUT2D eigenvalue weighted by Gasteiger charge is -2.18. The minimum absolute atomic E-state index is 0.0249. The number of carboxylic acids is 1. The summed E-state index contributed by atoms with van der Waals surface area (Å²) >= 11 is 0. The van der Waals surface area contributed by atoms with Crippen molar-refractivity contribution in [3.05, 3.63) is 36.5 Å². The topological polar surface area (TPSA) is 63.6 Å². The zero-order valence-electron chi connectivity index (χ0n) is 34.9. The Labute approximate surface area is 324 Å². The highest BCUT2D eigenvalue weighted by Gasteiger charge is 2.14. The molecule has 0 amide bonds. The number of carbonyl (C=O) groups is 2. The SMILES string of the molecule is CCCCC/C=C\C/C=C\CCCC/C=C\CCCCCCCC(=O)OC(CCCCCCCCCCC)CCCCCCCCCCCC(=O)O. The fourth-order valence-corrected chi connectivity index (χ4v) is 6.92. The molecule has 0 rings (SSSR count). The quantitative estimate of drug-likeness (QED) is 0.0386. The molecule has 1 unspecified atom stereocenters. The summed E-state index contributed by atoms with van der Waals surface area (Å²) in [4.78, 5) is 23.4. The number of allylic oxidation sites excluding steroid dienone is 6. The Morgan fingerprint density at radius 3 is 1.21 bits per heavy atom. The fourth-order valence-electron chi connectivity index (χ4n) is 6.92. The average molecular weight is 729 g/mol. The number of aliphatic carboxylic acids is 1. The van der Waals surface area contributed by atoms with Crippen LogP contribution in [0.15, 0.2) is 36.5 Å². The molecule has 0 radical (unpaired) electrons. The number of hydrogen-bond acceptors (Lipinski definition) is 3. The number of esters is 1. The fraction of sp³-hybridized carbons (Fsp3) is 0.833. The third-order valence-electron chi connectivity index (χ3n) is 10.3. The molecular formula is C48H88O4. The number of carboxylic acid groups (broad SMARTS) is 1. The molecule has 0 aliphatic rings. The first-order valence-corrected chi connectivity index (χ1v) is 23.0. The Kier molecular flexibility index (Phi) is 42.0. The van der Waals surface area contributed by atoms with Crippen molar-refractivity contribution < 1.29 is 19.4 Å². The highest BCUT2D eigenvalue weighted by molar-refractivity contribution is 5.69. The average Bonchev–Trinajstić information content (AvgIpc) is 3.13. The van der Waals surface area contributed by atoms with Gasteiger partial charge in [0.2, 0.25) is 0 Å². The van der Waals surface area contributed by atoms with Crippen molar-refractivity contribution in [3.63, 3.8) is 0 Å². The minimum atomic E-state index is -0.677. The summed E-state index contributed by atoms with van der Waals surface area (Å²) < 4.78 is 6.07. The number of rotatable bonds is 42. The van der Waals surface area contributed by atoms with E-state index in [1.54, 1.807) is 0 Å². The molecule has 0 saturated carbocycles. The van der Waals surface area contributed by atoms with E-state index in [0.29, 0.717) is 12.8 Å². The molecule has 0 heterocycles. The standard InChI is InChI=1S/C48H88O4/c1-3-5-7-9-11-13-14-15-16-17-18-19-20-21-22-23-24-29-33-37-41-45-48(51)52-46(42-38-34-30-26-12-10-8-6-4-2)43-39-35-31-27-25-28-32-36-40-44-47(49)50/h11,13,15-16,21-22,46H,3-10,12,14,17-20,23-45H2,1-2H3,(H,49,50)/b13-11-,16-15-,22-21-. The number of unbranched alkanes of at least 4 members (excludes halogenated alkanes) is 27. The van der Waals surface area contributed by atoms with Crippen molar-refractivity contribution in [2.24, 2.45) is 0 Å². The van der Waals surface area contributed by atoms with Crippen LogP contribution in [-0.2, 0) is 14.3 Å². The van der Waals surface area contributed by atoms with Crippen LogP contribution < -0.4 is 0 Å². The van der Waals surface area contributed by atoms with Gasteiger partial charge in [0, 0.05) is 12.8 Å². The first-order chi connectivity index (χ1) is 25.6. The van der Waals surface area contributed by atoms with Gasteiger partial charge in [-0.25, -0.2) is 0 Å². The van der Waals surface area contributed by atoms with Gasteiger partial charge in [0.1, 0.15) is 6.10 Å². The van der Waals surface area contributed by atoms with Gasteiger partial charge in [0.25, 0.3) is 0 Å². The monoisotopic (exact) mass is 729 g/mol. The van der Waals surface area contributed by atoms with Crippen molar-refractivity contribution >= 4 is 11.9 Å². The van der Waals surface area contributed by atoms with Gasteiger partial charge >= 0.3 is 11.9 Å². The molecule has 0 spiro atoms. The van der Waals surface area contributed by atoms with Crippen LogP contribution in [0.5, 0.6) is 0 Å². The maximum atomic E-state index is 12.8. The van der Waals surface area contributed by atoms with Crippen molar-refractivity contribution in [3.8, 4) is 0 Å². The Morgan fingerprint density at radius 1 is 0.423 bits per heavy atom. The number of carbonyl (C=O) groups excluding carboxylic acids is 1. The van der Waals surface area contributed by atoms with E-state index in [9.17, 15) is 9.59 Å². The van der Waals surface area contributed by atoms with E-state index in [2.05, 4.69) is 50.3 Å². The molecule has 0 aromatic carbocycles. The van der Waals surface area contributed by atoms with Crippen LogP contribution in [0, 0.1) is 0 Å². The van der Waals surface area contributed by atoms with Crippen LogP contribution in [0.3, 0.4) is 0 Å². The molecule has 0 aromatic rings. The molecule has 0 fully saturated rings. The lowest BCUT2D eigenvalue weighted by Crippen LogP contribution is -2.18. The van der Waals surface area contributed by atoms with E-state index in [0.717, 1.165) is 57.8 Å². The molecule has 0 saturated heterocycles. The lowest BCUT2D eigenvalue weighted by molar-refractivity contribution is -0.150. The zero-order chi connectivity index (χ0) is 37.8. The Hall–Kier alpha value is -1.84. The maximum Gasteiger partial charge on any atom is 0.306 e. The first-order valence-electron chi connectivity index (χ1n) is 23.0. The van der Waals surface area contributed by atoms with Crippen molar-refractivity contribution in [1.82, 2.24) is 0 Å². The molecule has 1 N–H and O–H groups in total. The number of ether oxygens (including phenoxy) is 1. The summed E-state index contributed by atoms with van der Waals surface area (Å²) in [5.74, 6) is -0.652. The molecule has 0 aromatic heterocycles. The molecule has 0 aliphatic carbocycles. The van der Waals surface area contributed by atoms with Crippen LogP contribution >= 0.6 is 0 Å². The molecule has 4 heteroatoms. The third kappa shape index (κ3) is 42.6. The van der Waals surface area contributed by atoms with Gasteiger partial charge in [-0.15, -0.1) is 0 Å². The van der Waals surface area contributed by atoms with Gasteiger partial charge in [-0.05, 0) is 96.3 Å². The molecule has 52 heavy (non-hydrogen) atoms. The zero-order valence-corrected chi connectivity index (χ0v) is 34.9. The van der Waals surface area contributed by atoms with E-state index in [1.165, 1.54) is 167 Å². The Bertz CT molecular complexity index is 828. The Morgan fingerprint density at radius 2 is 0.750 bits per heavy atom. The second-order valence-electron chi connectivity index (χ2n) is 15.6. The van der Waals surface area contributed by atoms with Crippen LogP contribution in [0.1, 0.15) is 251 Å². The van der Waals surface area contributed by atoms with Crippen molar-refractivity contribution in [2.45, 2.75) is 258 Å². The lowest BCUT2D eigenvalue weighted by atomic mass is 10.0. The van der Waals surface area contributed by atoms with Crippen molar-refractivity contribution in [2.75, 3.05) is 0 Å². The van der Waals surface area contributed by atoms with Gasteiger partial charge in [-0.1, -0.05) is 179 Å². The second-order valence-corrected chi connectivity index (χ2v) is 15.6. The van der Waals surface area contributed by atoms with E-state index in [-0.39, 0.29) is 12.1 Å². The summed E-state index contributed by atoms with van der Waals surface area (Å²) in [6.45, 7) is 4.53. The van der Waals surface area contributed by atoms with E-state index >= 15 is 0 Å². The number of hydrogen-bond donors (Lipinski definition) is 1. The molecular weight excluding hydrogens is 641 g/mol. The van der Waals surface area contributed by atoms with E-state index < -0.39 is 5.97 Å². The van der Waals surface area contributed by atoms with Crippen LogP contribution in [0.4, 0.5) is 0 Å². The van der Waals surface area contributed by atoms with Crippen LogP contribution in [0.25, 0.3) is 0 Å².